The first-order valence-corrected chi connectivity index (χ1v) is 9.72. The second-order valence-electron chi connectivity index (χ2n) is 6.97. The molecular weight excluding hydrogens is 453 g/mol. The van der Waals surface area contributed by atoms with E-state index in [9.17, 15) is 13.2 Å². The Kier molecular flexibility index (Phi) is 6.04. The zero-order valence-corrected chi connectivity index (χ0v) is 17.1. The lowest BCUT2D eigenvalue weighted by atomic mass is 10.1. The zero-order chi connectivity index (χ0) is 21.2. The van der Waals surface area contributed by atoms with Gasteiger partial charge in [0.2, 0.25) is 0 Å². The Morgan fingerprint density at radius 1 is 1.41 bits per heavy atom. The Balaban J connectivity index is 0.000000298. The Morgan fingerprint density at radius 2 is 2.10 bits per heavy atom. The number of carboxylic acids is 1. The maximum Gasteiger partial charge on any atom is 0.490 e. The Labute approximate surface area is 173 Å². The van der Waals surface area contributed by atoms with Crippen molar-refractivity contribution in [3.63, 3.8) is 0 Å². The van der Waals surface area contributed by atoms with Gasteiger partial charge in [-0.25, -0.2) is 4.79 Å². The van der Waals surface area contributed by atoms with Crippen LogP contribution in [0, 0.1) is 0 Å². The molecule has 2 aromatic heterocycles. The van der Waals surface area contributed by atoms with Gasteiger partial charge in [0, 0.05) is 30.5 Å². The van der Waals surface area contributed by atoms with E-state index >= 15 is 0 Å². The van der Waals surface area contributed by atoms with Crippen LogP contribution in [0.25, 0.3) is 10.9 Å². The number of carbonyl (C=O) groups is 1. The molecule has 156 valence electrons. The van der Waals surface area contributed by atoms with E-state index in [4.69, 9.17) is 9.90 Å². The SMILES string of the molecule is CC(NCc1cccc2cc[nH]c12)C1(n2cc(Br)cn2)CC1.O=C(O)C(F)(F)F. The number of nitrogens with one attached hydrogen (secondary N) is 2. The fourth-order valence-electron chi connectivity index (χ4n) is 3.28. The van der Waals surface area contributed by atoms with Gasteiger partial charge in [0.25, 0.3) is 0 Å². The van der Waals surface area contributed by atoms with Crippen LogP contribution in [-0.2, 0) is 16.9 Å². The lowest BCUT2D eigenvalue weighted by Crippen LogP contribution is -2.41. The molecule has 6 nitrogen and oxygen atoms in total. The Morgan fingerprint density at radius 3 is 2.66 bits per heavy atom. The molecule has 0 aliphatic heterocycles. The molecule has 0 amide bonds. The number of hydrogen-bond acceptors (Lipinski definition) is 3. The Bertz CT molecular complexity index is 995. The van der Waals surface area contributed by atoms with Crippen LogP contribution in [0.3, 0.4) is 0 Å². The molecule has 1 unspecified atom stereocenters. The molecule has 1 fully saturated rings. The summed E-state index contributed by atoms with van der Waals surface area (Å²) in [5, 5.41) is 16.6. The summed E-state index contributed by atoms with van der Waals surface area (Å²) < 4.78 is 34.9. The van der Waals surface area contributed by atoms with Crippen molar-refractivity contribution in [3.8, 4) is 0 Å². The minimum absolute atomic E-state index is 0.135. The monoisotopic (exact) mass is 472 g/mol. The molecule has 1 aromatic carbocycles. The largest absolute Gasteiger partial charge is 0.490 e. The van der Waals surface area contributed by atoms with Crippen LogP contribution in [0.1, 0.15) is 25.3 Å². The number of carboxylic acid groups (broad SMARTS) is 1. The van der Waals surface area contributed by atoms with Gasteiger partial charge in [-0.1, -0.05) is 18.2 Å². The fourth-order valence-corrected chi connectivity index (χ4v) is 3.57. The predicted octanol–water partition coefficient (Wildman–Crippen LogP) is 4.43. The topological polar surface area (TPSA) is 82.9 Å². The highest BCUT2D eigenvalue weighted by atomic mass is 79.9. The number of benzene rings is 1. The third kappa shape index (κ3) is 4.81. The fraction of sp³-hybridized carbons (Fsp3) is 0.368. The molecular formula is C19H20BrF3N4O2. The molecule has 0 bridgehead atoms. The molecule has 0 radical (unpaired) electrons. The third-order valence-corrected chi connectivity index (χ3v) is 5.50. The van der Waals surface area contributed by atoms with Crippen LogP contribution >= 0.6 is 15.9 Å². The lowest BCUT2D eigenvalue weighted by molar-refractivity contribution is -0.192. The molecule has 4 rings (SSSR count). The number of hydrogen-bond donors (Lipinski definition) is 3. The average Bonchev–Trinajstić information content (AvgIpc) is 3.11. The molecule has 0 spiro atoms. The second-order valence-corrected chi connectivity index (χ2v) is 7.89. The van der Waals surface area contributed by atoms with Crippen molar-refractivity contribution in [2.75, 3.05) is 0 Å². The van der Waals surface area contributed by atoms with Crippen molar-refractivity contribution in [2.45, 2.75) is 44.1 Å². The van der Waals surface area contributed by atoms with Crippen molar-refractivity contribution in [1.29, 1.82) is 0 Å². The number of aliphatic carboxylic acids is 1. The van der Waals surface area contributed by atoms with Crippen LogP contribution in [0.15, 0.2) is 47.3 Å². The van der Waals surface area contributed by atoms with Crippen LogP contribution < -0.4 is 5.32 Å². The predicted molar refractivity (Wildman–Crippen MR) is 105 cm³/mol. The van der Waals surface area contributed by atoms with Crippen molar-refractivity contribution in [2.24, 2.45) is 0 Å². The minimum atomic E-state index is -5.08. The van der Waals surface area contributed by atoms with Gasteiger partial charge in [0.1, 0.15) is 0 Å². The summed E-state index contributed by atoms with van der Waals surface area (Å²) in [4.78, 5) is 12.2. The van der Waals surface area contributed by atoms with Gasteiger partial charge in [-0.15, -0.1) is 0 Å². The summed E-state index contributed by atoms with van der Waals surface area (Å²) in [7, 11) is 0. The van der Waals surface area contributed by atoms with E-state index in [0.29, 0.717) is 6.04 Å². The van der Waals surface area contributed by atoms with E-state index in [-0.39, 0.29) is 5.54 Å². The van der Waals surface area contributed by atoms with Gasteiger partial charge in [0.15, 0.2) is 0 Å². The standard InChI is InChI=1S/C17H19BrN4.C2HF3O2/c1-12(17(6-7-17)22-11-15(18)10-21-22)20-9-14-4-2-3-13-5-8-19-16(13)14;3-2(4,5)1(6)7/h2-5,8,10-12,19-20H,6-7,9H2,1H3;(H,6,7). The van der Waals surface area contributed by atoms with E-state index in [1.54, 1.807) is 0 Å². The number of H-pyrrole nitrogens is 1. The maximum atomic E-state index is 10.6. The summed E-state index contributed by atoms with van der Waals surface area (Å²) in [5.74, 6) is -2.76. The summed E-state index contributed by atoms with van der Waals surface area (Å²) in [5.41, 5.74) is 2.68. The first kappa shape index (κ1) is 21.4. The smallest absolute Gasteiger partial charge is 0.475 e. The van der Waals surface area contributed by atoms with Crippen molar-refractivity contribution >= 4 is 32.8 Å². The Hall–Kier alpha value is -2.33. The molecule has 3 N–H and O–H groups in total. The van der Waals surface area contributed by atoms with Crippen LogP contribution in [-0.4, -0.2) is 38.1 Å². The minimum Gasteiger partial charge on any atom is -0.475 e. The van der Waals surface area contributed by atoms with Gasteiger partial charge < -0.3 is 15.4 Å². The molecule has 1 aliphatic rings. The van der Waals surface area contributed by atoms with E-state index in [2.05, 4.69) is 73.4 Å². The van der Waals surface area contributed by atoms with Gasteiger partial charge in [0.05, 0.1) is 16.2 Å². The summed E-state index contributed by atoms with van der Waals surface area (Å²) in [6, 6.07) is 8.94. The number of para-hydroxylation sites is 1. The van der Waals surface area contributed by atoms with Crippen molar-refractivity contribution < 1.29 is 23.1 Å². The van der Waals surface area contributed by atoms with Gasteiger partial charge in [-0.2, -0.15) is 18.3 Å². The highest BCUT2D eigenvalue weighted by Gasteiger charge is 2.49. The molecule has 10 heteroatoms. The van der Waals surface area contributed by atoms with Crippen LogP contribution in [0.4, 0.5) is 13.2 Å². The number of rotatable bonds is 5. The first-order chi connectivity index (χ1) is 13.6. The number of halogens is 4. The maximum absolute atomic E-state index is 10.6. The number of aromatic amines is 1. The van der Waals surface area contributed by atoms with Crippen LogP contribution in [0.2, 0.25) is 0 Å². The summed E-state index contributed by atoms with van der Waals surface area (Å²) >= 11 is 3.49. The van der Waals surface area contributed by atoms with E-state index in [1.165, 1.54) is 29.3 Å². The molecule has 3 aromatic rings. The highest BCUT2D eigenvalue weighted by Crippen LogP contribution is 2.46. The van der Waals surface area contributed by atoms with E-state index < -0.39 is 12.1 Å². The summed E-state index contributed by atoms with van der Waals surface area (Å²) in [6.45, 7) is 3.13. The third-order valence-electron chi connectivity index (χ3n) is 5.09. The second kappa shape index (κ2) is 8.19. The molecule has 1 atom stereocenters. The normalized spacial score (nSPS) is 16.2. The van der Waals surface area contributed by atoms with Gasteiger partial charge >= 0.3 is 12.1 Å². The molecule has 1 saturated carbocycles. The summed E-state index contributed by atoms with van der Waals surface area (Å²) in [6.07, 6.45) is 3.23. The number of nitrogens with zero attached hydrogens (tertiary/aromatic N) is 2. The number of fused-ring (bicyclic) bond motifs is 1. The quantitative estimate of drug-likeness (QED) is 0.512. The number of alkyl halides is 3. The van der Waals surface area contributed by atoms with Gasteiger partial charge in [-0.3, -0.25) is 4.68 Å². The molecule has 0 saturated heterocycles. The molecule has 2 heterocycles. The zero-order valence-electron chi connectivity index (χ0n) is 15.5. The van der Waals surface area contributed by atoms with E-state index in [1.807, 2.05) is 12.4 Å². The highest BCUT2D eigenvalue weighted by molar-refractivity contribution is 9.10. The number of aromatic nitrogens is 3. The first-order valence-electron chi connectivity index (χ1n) is 8.92. The van der Waals surface area contributed by atoms with E-state index in [0.717, 1.165) is 11.0 Å². The van der Waals surface area contributed by atoms with Gasteiger partial charge in [-0.05, 0) is 52.7 Å². The van der Waals surface area contributed by atoms with Crippen molar-refractivity contribution in [3.05, 3.63) is 52.9 Å². The molecule has 29 heavy (non-hydrogen) atoms. The van der Waals surface area contributed by atoms with Crippen molar-refractivity contribution in [1.82, 2.24) is 20.1 Å². The lowest BCUT2D eigenvalue weighted by Gasteiger charge is -2.25. The van der Waals surface area contributed by atoms with Crippen LogP contribution in [0.5, 0.6) is 0 Å². The molecule has 1 aliphatic carbocycles. The average molecular weight is 473 g/mol.